The Morgan fingerprint density at radius 2 is 1.89 bits per heavy atom. The first-order valence-corrected chi connectivity index (χ1v) is 10.6. The third kappa shape index (κ3) is 6.96. The second-order valence-electron chi connectivity index (χ2n) is 8.31. The van der Waals surface area contributed by atoms with Crippen molar-refractivity contribution in [1.29, 1.82) is 0 Å². The van der Waals surface area contributed by atoms with Gasteiger partial charge in [-0.1, -0.05) is 6.92 Å². The van der Waals surface area contributed by atoms with Gasteiger partial charge in [-0.3, -0.25) is 9.69 Å². The second kappa shape index (κ2) is 10.9. The highest BCUT2D eigenvalue weighted by molar-refractivity contribution is 5.85. The summed E-state index contributed by atoms with van der Waals surface area (Å²) in [5.74, 6) is 0.818. The van der Waals surface area contributed by atoms with Crippen LogP contribution in [-0.4, -0.2) is 98.1 Å². The third-order valence-electron chi connectivity index (χ3n) is 5.88. The van der Waals surface area contributed by atoms with Crippen molar-refractivity contribution in [1.82, 2.24) is 25.3 Å². The van der Waals surface area contributed by atoms with E-state index < -0.39 is 0 Å². The van der Waals surface area contributed by atoms with Crippen molar-refractivity contribution in [3.63, 3.8) is 0 Å². The molecule has 2 saturated heterocycles. The van der Waals surface area contributed by atoms with Crippen LogP contribution in [0.25, 0.3) is 0 Å². The summed E-state index contributed by atoms with van der Waals surface area (Å²) >= 11 is 0. The van der Waals surface area contributed by atoms with Crippen LogP contribution in [0.1, 0.15) is 46.5 Å². The first kappa shape index (κ1) is 22.0. The molecule has 0 saturated carbocycles. The highest BCUT2D eigenvalue weighted by Gasteiger charge is 2.24. The summed E-state index contributed by atoms with van der Waals surface area (Å²) in [4.78, 5) is 23.2. The number of nitrogens with zero attached hydrogens (tertiary/aromatic N) is 4. The van der Waals surface area contributed by atoms with E-state index in [4.69, 9.17) is 0 Å². The Balaban J connectivity index is 1.91. The summed E-state index contributed by atoms with van der Waals surface area (Å²) in [6.07, 6.45) is 4.74. The quantitative estimate of drug-likeness (QED) is 0.509. The molecule has 2 N–H and O–H groups in total. The number of amides is 1. The highest BCUT2D eigenvalue weighted by atomic mass is 16.2. The minimum Gasteiger partial charge on any atom is -0.355 e. The largest absolute Gasteiger partial charge is 0.355 e. The van der Waals surface area contributed by atoms with Gasteiger partial charge >= 0.3 is 0 Å². The smallest absolute Gasteiger partial charge is 0.243 e. The van der Waals surface area contributed by atoms with Gasteiger partial charge in [0.05, 0.1) is 0 Å². The molecule has 0 radical (unpaired) electrons. The van der Waals surface area contributed by atoms with Crippen LogP contribution in [0.3, 0.4) is 0 Å². The van der Waals surface area contributed by atoms with Crippen LogP contribution in [0.15, 0.2) is 4.99 Å². The van der Waals surface area contributed by atoms with Crippen LogP contribution in [-0.2, 0) is 4.79 Å². The average molecular weight is 381 g/mol. The zero-order valence-electron chi connectivity index (χ0n) is 18.0. The molecule has 1 atom stereocenters. The van der Waals surface area contributed by atoms with Gasteiger partial charge in [-0.05, 0) is 52.6 Å². The molecule has 0 bridgehead atoms. The number of rotatable bonds is 7. The number of guanidine groups is 1. The molecule has 2 heterocycles. The van der Waals surface area contributed by atoms with E-state index in [1.165, 1.54) is 19.4 Å². The summed E-state index contributed by atoms with van der Waals surface area (Å²) in [6.45, 7) is 12.3. The van der Waals surface area contributed by atoms with Crippen molar-refractivity contribution < 1.29 is 4.79 Å². The Hall–Kier alpha value is -1.34. The summed E-state index contributed by atoms with van der Waals surface area (Å²) in [6, 6.07) is 1.60. The number of carbonyl (C=O) groups is 1. The molecule has 1 amide bonds. The molecule has 2 aliphatic rings. The van der Waals surface area contributed by atoms with Gasteiger partial charge in [-0.2, -0.15) is 0 Å². The fraction of sp³-hybridized carbons (Fsp3) is 0.900. The van der Waals surface area contributed by atoms with Gasteiger partial charge < -0.3 is 20.4 Å². The van der Waals surface area contributed by atoms with E-state index in [2.05, 4.69) is 46.2 Å². The Morgan fingerprint density at radius 3 is 2.48 bits per heavy atom. The van der Waals surface area contributed by atoms with Gasteiger partial charge in [-0.25, -0.2) is 4.99 Å². The van der Waals surface area contributed by atoms with Gasteiger partial charge in [0.25, 0.3) is 0 Å². The lowest BCUT2D eigenvalue weighted by atomic mass is 10.0. The molecule has 2 fully saturated rings. The monoisotopic (exact) mass is 380 g/mol. The van der Waals surface area contributed by atoms with Gasteiger partial charge in [0.1, 0.15) is 6.54 Å². The SMILES string of the molecule is CCN1CCCC1CNC(=NCC(=O)N(C)C)NC1CCN(C(C)C)CC1. The Kier molecular flexibility index (Phi) is 8.83. The van der Waals surface area contributed by atoms with E-state index >= 15 is 0 Å². The van der Waals surface area contributed by atoms with Crippen LogP contribution in [0.2, 0.25) is 0 Å². The number of hydrogen-bond acceptors (Lipinski definition) is 4. The first-order chi connectivity index (χ1) is 12.9. The Labute approximate surface area is 165 Å². The maximum Gasteiger partial charge on any atom is 0.243 e. The molecular formula is C20H40N6O. The Bertz CT molecular complexity index is 485. The molecule has 156 valence electrons. The zero-order chi connectivity index (χ0) is 19.8. The van der Waals surface area contributed by atoms with E-state index in [1.54, 1.807) is 19.0 Å². The topological polar surface area (TPSA) is 63.2 Å². The third-order valence-corrected chi connectivity index (χ3v) is 5.88. The van der Waals surface area contributed by atoms with Crippen molar-refractivity contribution in [2.45, 2.75) is 64.6 Å². The molecule has 1 unspecified atom stereocenters. The fourth-order valence-electron chi connectivity index (χ4n) is 3.95. The molecule has 0 aromatic heterocycles. The molecule has 2 rings (SSSR count). The number of likely N-dealkylation sites (N-methyl/N-ethyl adjacent to an activating group) is 2. The lowest BCUT2D eigenvalue weighted by molar-refractivity contribution is -0.127. The van der Waals surface area contributed by atoms with Crippen LogP contribution >= 0.6 is 0 Å². The number of aliphatic imine (C=N–C) groups is 1. The van der Waals surface area contributed by atoms with Gasteiger partial charge in [0, 0.05) is 51.9 Å². The van der Waals surface area contributed by atoms with Crippen LogP contribution in [0, 0.1) is 0 Å². The van der Waals surface area contributed by atoms with Gasteiger partial charge in [0.15, 0.2) is 5.96 Å². The van der Waals surface area contributed by atoms with E-state index in [-0.39, 0.29) is 12.5 Å². The lowest BCUT2D eigenvalue weighted by Gasteiger charge is -2.35. The van der Waals surface area contributed by atoms with E-state index in [9.17, 15) is 4.79 Å². The van der Waals surface area contributed by atoms with Gasteiger partial charge in [-0.15, -0.1) is 0 Å². The predicted octanol–water partition coefficient (Wildman–Crippen LogP) is 0.967. The predicted molar refractivity (Wildman–Crippen MR) is 112 cm³/mol. The molecule has 7 nitrogen and oxygen atoms in total. The molecule has 0 spiro atoms. The molecule has 27 heavy (non-hydrogen) atoms. The minimum atomic E-state index is 0.0294. The highest BCUT2D eigenvalue weighted by Crippen LogP contribution is 2.16. The maximum absolute atomic E-state index is 12.0. The van der Waals surface area contributed by atoms with E-state index in [0.717, 1.165) is 45.0 Å². The van der Waals surface area contributed by atoms with Crippen LogP contribution < -0.4 is 10.6 Å². The number of nitrogens with one attached hydrogen (secondary N) is 2. The standard InChI is InChI=1S/C20H40N6O/c1-6-25-11-7-8-18(25)14-21-20(22-15-19(27)24(4)5)23-17-9-12-26(13-10-17)16(2)3/h16-18H,6-15H2,1-5H3,(H2,21,22,23). The number of carbonyl (C=O) groups excluding carboxylic acids is 1. The molecule has 0 aromatic carbocycles. The average Bonchev–Trinajstić information content (AvgIpc) is 3.11. The maximum atomic E-state index is 12.0. The molecule has 2 aliphatic heterocycles. The normalized spacial score (nSPS) is 23.0. The van der Waals surface area contributed by atoms with Crippen LogP contribution in [0.5, 0.6) is 0 Å². The van der Waals surface area contributed by atoms with Gasteiger partial charge in [0.2, 0.25) is 5.91 Å². The molecule has 0 aromatic rings. The summed E-state index contributed by atoms with van der Waals surface area (Å²) in [5.41, 5.74) is 0. The summed E-state index contributed by atoms with van der Waals surface area (Å²) in [7, 11) is 3.55. The van der Waals surface area contributed by atoms with Crippen molar-refractivity contribution >= 4 is 11.9 Å². The summed E-state index contributed by atoms with van der Waals surface area (Å²) < 4.78 is 0. The van der Waals surface area contributed by atoms with E-state index in [0.29, 0.717) is 18.1 Å². The van der Waals surface area contributed by atoms with Crippen molar-refractivity contribution in [2.75, 3.05) is 53.4 Å². The minimum absolute atomic E-state index is 0.0294. The molecular weight excluding hydrogens is 340 g/mol. The van der Waals surface area contributed by atoms with E-state index in [1.807, 2.05) is 0 Å². The summed E-state index contributed by atoms with van der Waals surface area (Å²) in [5, 5.41) is 7.10. The number of piperidine rings is 1. The van der Waals surface area contributed by atoms with Crippen molar-refractivity contribution in [2.24, 2.45) is 4.99 Å². The molecule has 0 aliphatic carbocycles. The number of hydrogen-bond donors (Lipinski definition) is 2. The van der Waals surface area contributed by atoms with Crippen molar-refractivity contribution in [3.05, 3.63) is 0 Å². The fourth-order valence-corrected chi connectivity index (χ4v) is 3.95. The lowest BCUT2D eigenvalue weighted by Crippen LogP contribution is -2.51. The Morgan fingerprint density at radius 1 is 1.19 bits per heavy atom. The zero-order valence-corrected chi connectivity index (χ0v) is 18.0. The second-order valence-corrected chi connectivity index (χ2v) is 8.31. The molecule has 7 heteroatoms. The van der Waals surface area contributed by atoms with Crippen LogP contribution in [0.4, 0.5) is 0 Å². The van der Waals surface area contributed by atoms with Crippen molar-refractivity contribution in [3.8, 4) is 0 Å². The first-order valence-electron chi connectivity index (χ1n) is 10.6. The number of likely N-dealkylation sites (tertiary alicyclic amines) is 2.